The van der Waals surface area contributed by atoms with E-state index in [-0.39, 0.29) is 5.60 Å². The van der Waals surface area contributed by atoms with Crippen molar-refractivity contribution >= 4 is 6.08 Å². The molecule has 0 amide bonds. The van der Waals surface area contributed by atoms with E-state index in [2.05, 4.69) is 39.8 Å². The van der Waals surface area contributed by atoms with E-state index < -0.39 is 0 Å². The topological polar surface area (TPSA) is 25.7 Å². The van der Waals surface area contributed by atoms with Crippen LogP contribution in [-0.4, -0.2) is 11.7 Å². The van der Waals surface area contributed by atoms with Crippen LogP contribution in [-0.2, 0) is 11.2 Å². The second kappa shape index (κ2) is 6.08. The van der Waals surface area contributed by atoms with Gasteiger partial charge in [0.1, 0.15) is 5.76 Å². The van der Waals surface area contributed by atoms with Gasteiger partial charge >= 0.3 is 0 Å². The van der Waals surface area contributed by atoms with E-state index in [1.807, 2.05) is 6.26 Å². The van der Waals surface area contributed by atoms with Crippen molar-refractivity contribution in [3.05, 3.63) is 40.4 Å². The van der Waals surface area contributed by atoms with Gasteiger partial charge in [0.25, 0.3) is 0 Å². The van der Waals surface area contributed by atoms with Crippen LogP contribution in [0.5, 0.6) is 0 Å². The first kappa shape index (κ1) is 15.6. The van der Waals surface area contributed by atoms with E-state index in [0.29, 0.717) is 6.10 Å². The average molecular weight is 300 g/mol. The molecule has 1 saturated heterocycles. The SMILES string of the molecule is C/C1=C/CC[C@]2(C)O[C@H]2CC/C(C)=C/c2occ(C)c2CC1. The minimum Gasteiger partial charge on any atom is -0.464 e. The molecule has 2 nitrogen and oxygen atoms in total. The Morgan fingerprint density at radius 1 is 1.09 bits per heavy atom. The Morgan fingerprint density at radius 2 is 1.91 bits per heavy atom. The highest BCUT2D eigenvalue weighted by Crippen LogP contribution is 2.43. The first-order chi connectivity index (χ1) is 10.5. The molecular weight excluding hydrogens is 272 g/mol. The number of epoxide rings is 1. The molecule has 120 valence electrons. The number of hydrogen-bond donors (Lipinski definition) is 0. The fourth-order valence-electron chi connectivity index (χ4n) is 3.49. The molecule has 0 spiro atoms. The van der Waals surface area contributed by atoms with Gasteiger partial charge in [-0.15, -0.1) is 0 Å². The second-order valence-corrected chi connectivity index (χ2v) is 7.30. The summed E-state index contributed by atoms with van der Waals surface area (Å²) in [6, 6.07) is 0. The van der Waals surface area contributed by atoms with Crippen molar-refractivity contribution in [2.75, 3.05) is 0 Å². The van der Waals surface area contributed by atoms with Gasteiger partial charge in [-0.1, -0.05) is 17.2 Å². The standard InChI is InChI=1S/C20H28O2/c1-14-6-5-11-20(4)19(22-20)10-8-15(2)12-18-17(9-7-14)16(3)13-21-18/h6,12-13,19H,5,7-11H2,1-4H3/b14-6-,15-12+/t19-,20-/m0/s1. The summed E-state index contributed by atoms with van der Waals surface area (Å²) in [5.41, 5.74) is 5.63. The van der Waals surface area contributed by atoms with Crippen LogP contribution in [0.1, 0.15) is 69.8 Å². The number of furan rings is 1. The predicted molar refractivity (Wildman–Crippen MR) is 90.9 cm³/mol. The summed E-state index contributed by atoms with van der Waals surface area (Å²) in [6.07, 6.45) is 13.6. The molecule has 1 fully saturated rings. The van der Waals surface area contributed by atoms with Crippen LogP contribution in [0.15, 0.2) is 27.9 Å². The van der Waals surface area contributed by atoms with Crippen molar-refractivity contribution < 1.29 is 9.15 Å². The van der Waals surface area contributed by atoms with E-state index in [1.54, 1.807) is 0 Å². The smallest absolute Gasteiger partial charge is 0.130 e. The van der Waals surface area contributed by atoms with Crippen molar-refractivity contribution in [3.8, 4) is 0 Å². The monoisotopic (exact) mass is 300 g/mol. The molecule has 0 radical (unpaired) electrons. The van der Waals surface area contributed by atoms with Crippen LogP contribution in [0.4, 0.5) is 0 Å². The molecule has 22 heavy (non-hydrogen) atoms. The van der Waals surface area contributed by atoms with E-state index in [0.717, 1.165) is 44.3 Å². The maximum Gasteiger partial charge on any atom is 0.130 e. The van der Waals surface area contributed by atoms with Crippen LogP contribution >= 0.6 is 0 Å². The zero-order valence-electron chi connectivity index (χ0n) is 14.4. The molecule has 1 aliphatic heterocycles. The number of rotatable bonds is 0. The fourth-order valence-corrected chi connectivity index (χ4v) is 3.49. The molecule has 0 saturated carbocycles. The molecule has 0 N–H and O–H groups in total. The van der Waals surface area contributed by atoms with Gasteiger partial charge in [-0.3, -0.25) is 0 Å². The van der Waals surface area contributed by atoms with Crippen LogP contribution in [0, 0.1) is 6.92 Å². The lowest BCUT2D eigenvalue weighted by atomic mass is 9.94. The van der Waals surface area contributed by atoms with Crippen molar-refractivity contribution in [1.82, 2.24) is 0 Å². The third kappa shape index (κ3) is 3.38. The Kier molecular flexibility index (Phi) is 4.31. The molecule has 1 aromatic rings. The molecule has 2 aliphatic rings. The molecule has 2 heteroatoms. The van der Waals surface area contributed by atoms with E-state index in [9.17, 15) is 0 Å². The van der Waals surface area contributed by atoms with E-state index in [1.165, 1.54) is 22.3 Å². The highest BCUT2D eigenvalue weighted by molar-refractivity contribution is 5.53. The van der Waals surface area contributed by atoms with Crippen molar-refractivity contribution in [1.29, 1.82) is 0 Å². The average Bonchev–Trinajstić information content (AvgIpc) is 2.98. The van der Waals surface area contributed by atoms with Gasteiger partial charge in [0.05, 0.1) is 18.0 Å². The van der Waals surface area contributed by atoms with Gasteiger partial charge in [-0.2, -0.15) is 0 Å². The molecule has 0 aromatic carbocycles. The Hall–Kier alpha value is -1.28. The van der Waals surface area contributed by atoms with Gasteiger partial charge in [0, 0.05) is 5.56 Å². The third-order valence-electron chi connectivity index (χ3n) is 5.25. The largest absolute Gasteiger partial charge is 0.464 e. The van der Waals surface area contributed by atoms with Crippen LogP contribution < -0.4 is 0 Å². The lowest BCUT2D eigenvalue weighted by Crippen LogP contribution is -2.09. The first-order valence-electron chi connectivity index (χ1n) is 8.55. The maximum atomic E-state index is 5.96. The minimum absolute atomic E-state index is 0.119. The Labute approximate surface area is 134 Å². The van der Waals surface area contributed by atoms with Gasteiger partial charge < -0.3 is 9.15 Å². The summed E-state index contributed by atoms with van der Waals surface area (Å²) >= 11 is 0. The number of ether oxygens (including phenoxy) is 1. The van der Waals surface area contributed by atoms with Gasteiger partial charge in [-0.25, -0.2) is 0 Å². The number of fused-ring (bicyclic) bond motifs is 2. The maximum absolute atomic E-state index is 5.96. The molecule has 2 atom stereocenters. The Bertz CT molecular complexity index is 605. The fraction of sp³-hybridized carbons (Fsp3) is 0.600. The molecule has 3 rings (SSSR count). The Morgan fingerprint density at radius 3 is 2.73 bits per heavy atom. The normalized spacial score (nSPS) is 34.5. The summed E-state index contributed by atoms with van der Waals surface area (Å²) in [4.78, 5) is 0. The zero-order chi connectivity index (χ0) is 15.7. The molecular formula is C20H28O2. The van der Waals surface area contributed by atoms with Crippen molar-refractivity contribution in [2.24, 2.45) is 0 Å². The summed E-state index contributed by atoms with van der Waals surface area (Å²) < 4.78 is 11.7. The van der Waals surface area contributed by atoms with Crippen LogP contribution in [0.3, 0.4) is 0 Å². The lowest BCUT2D eigenvalue weighted by Gasteiger charge is -2.08. The minimum atomic E-state index is 0.119. The van der Waals surface area contributed by atoms with Crippen LogP contribution in [0.25, 0.3) is 6.08 Å². The molecule has 1 aliphatic carbocycles. The van der Waals surface area contributed by atoms with E-state index in [4.69, 9.17) is 9.15 Å². The molecule has 0 bridgehead atoms. The first-order valence-corrected chi connectivity index (χ1v) is 8.55. The number of aryl methyl sites for hydroxylation is 1. The summed E-state index contributed by atoms with van der Waals surface area (Å²) in [7, 11) is 0. The van der Waals surface area contributed by atoms with Crippen LogP contribution in [0.2, 0.25) is 0 Å². The number of allylic oxidation sites excluding steroid dienone is 3. The second-order valence-electron chi connectivity index (χ2n) is 7.30. The highest BCUT2D eigenvalue weighted by Gasteiger charge is 2.50. The lowest BCUT2D eigenvalue weighted by molar-refractivity contribution is 0.295. The molecule has 0 unspecified atom stereocenters. The summed E-state index contributed by atoms with van der Waals surface area (Å²) in [5.74, 6) is 1.05. The molecule has 1 aromatic heterocycles. The summed E-state index contributed by atoms with van der Waals surface area (Å²) in [6.45, 7) is 8.87. The predicted octanol–water partition coefficient (Wildman–Crippen LogP) is 5.60. The number of hydrogen-bond acceptors (Lipinski definition) is 2. The quantitative estimate of drug-likeness (QED) is 0.460. The van der Waals surface area contributed by atoms with Crippen molar-refractivity contribution in [3.63, 3.8) is 0 Å². The van der Waals surface area contributed by atoms with Gasteiger partial charge in [0.15, 0.2) is 0 Å². The highest BCUT2D eigenvalue weighted by atomic mass is 16.6. The van der Waals surface area contributed by atoms with Crippen molar-refractivity contribution in [2.45, 2.75) is 77.9 Å². The Balaban J connectivity index is 1.83. The zero-order valence-corrected chi connectivity index (χ0v) is 14.4. The molecule has 2 heterocycles. The van der Waals surface area contributed by atoms with Gasteiger partial charge in [-0.05, 0) is 77.9 Å². The van der Waals surface area contributed by atoms with Gasteiger partial charge in [0.2, 0.25) is 0 Å². The summed E-state index contributed by atoms with van der Waals surface area (Å²) in [5, 5.41) is 0. The third-order valence-corrected chi connectivity index (χ3v) is 5.25. The van der Waals surface area contributed by atoms with E-state index >= 15 is 0 Å².